The molecule has 0 spiro atoms. The van der Waals surface area contributed by atoms with Gasteiger partial charge >= 0.3 is 11.9 Å². The zero-order valence-electron chi connectivity index (χ0n) is 6.64. The Bertz CT molecular complexity index is 166. The maximum absolute atomic E-state index is 9.76. The fourth-order valence-electron chi connectivity index (χ4n) is 0.106. The summed E-state index contributed by atoms with van der Waals surface area (Å²) in [6.07, 6.45) is 0. The number of rotatable bonds is 2. The standard InChI is InChI=1S/C4H6O4.C2H4O2/c1-2(3(5)6)4(7)8;1-2(3)4/h2H,1H3,(H,5,6)(H,7,8);1H3,(H,3,4). The van der Waals surface area contributed by atoms with Crippen LogP contribution in [-0.2, 0) is 14.4 Å². The van der Waals surface area contributed by atoms with Gasteiger partial charge in [0.05, 0.1) is 0 Å². The number of hydrogen-bond donors (Lipinski definition) is 3. The fourth-order valence-corrected chi connectivity index (χ4v) is 0.106. The molecule has 0 amide bonds. The molecule has 0 heterocycles. The van der Waals surface area contributed by atoms with Crippen LogP contribution in [0, 0.1) is 5.92 Å². The highest BCUT2D eigenvalue weighted by Gasteiger charge is 2.18. The molecule has 6 nitrogen and oxygen atoms in total. The smallest absolute Gasteiger partial charge is 0.317 e. The minimum atomic E-state index is -1.31. The van der Waals surface area contributed by atoms with Gasteiger partial charge in [-0.2, -0.15) is 0 Å². The number of hydrogen-bond acceptors (Lipinski definition) is 3. The molecular weight excluding hydrogens is 168 g/mol. The molecule has 3 N–H and O–H groups in total. The van der Waals surface area contributed by atoms with Crippen molar-refractivity contribution >= 4 is 17.9 Å². The van der Waals surface area contributed by atoms with Crippen molar-refractivity contribution in [3.05, 3.63) is 0 Å². The Labute approximate surface area is 68.4 Å². The summed E-state index contributed by atoms with van der Waals surface area (Å²) < 4.78 is 0. The lowest BCUT2D eigenvalue weighted by Crippen LogP contribution is -2.19. The average molecular weight is 178 g/mol. The minimum Gasteiger partial charge on any atom is -0.481 e. The lowest BCUT2D eigenvalue weighted by atomic mass is 10.2. The Morgan fingerprint density at radius 1 is 1.00 bits per heavy atom. The summed E-state index contributed by atoms with van der Waals surface area (Å²) in [6, 6.07) is 0. The monoisotopic (exact) mass is 178 g/mol. The van der Waals surface area contributed by atoms with E-state index in [9.17, 15) is 9.59 Å². The number of aliphatic carboxylic acids is 3. The predicted molar refractivity (Wildman–Crippen MR) is 37.7 cm³/mol. The zero-order chi connectivity index (χ0) is 10.3. The van der Waals surface area contributed by atoms with Crippen molar-refractivity contribution in [1.82, 2.24) is 0 Å². The van der Waals surface area contributed by atoms with Gasteiger partial charge in [0.2, 0.25) is 0 Å². The van der Waals surface area contributed by atoms with E-state index in [2.05, 4.69) is 0 Å². The number of carboxylic acids is 3. The Morgan fingerprint density at radius 2 is 1.17 bits per heavy atom. The highest BCUT2D eigenvalue weighted by molar-refractivity contribution is 5.92. The van der Waals surface area contributed by atoms with E-state index < -0.39 is 23.8 Å². The highest BCUT2D eigenvalue weighted by Crippen LogP contribution is 1.91. The van der Waals surface area contributed by atoms with Crippen LogP contribution in [0.3, 0.4) is 0 Å². The van der Waals surface area contributed by atoms with E-state index in [4.69, 9.17) is 20.1 Å². The largest absolute Gasteiger partial charge is 0.481 e. The van der Waals surface area contributed by atoms with Gasteiger partial charge in [0, 0.05) is 6.92 Å². The van der Waals surface area contributed by atoms with Crippen molar-refractivity contribution in [1.29, 1.82) is 0 Å². The topological polar surface area (TPSA) is 112 Å². The van der Waals surface area contributed by atoms with Crippen molar-refractivity contribution in [3.63, 3.8) is 0 Å². The molecule has 0 aromatic carbocycles. The number of carboxylic acid groups (broad SMARTS) is 3. The highest BCUT2D eigenvalue weighted by atomic mass is 16.4. The normalized spacial score (nSPS) is 8.25. The van der Waals surface area contributed by atoms with E-state index in [0.29, 0.717) is 0 Å². The third-order valence-corrected chi connectivity index (χ3v) is 0.741. The Morgan fingerprint density at radius 3 is 1.17 bits per heavy atom. The predicted octanol–water partition coefficient (Wildman–Crippen LogP) is -0.117. The summed E-state index contributed by atoms with van der Waals surface area (Å²) in [7, 11) is 0. The molecule has 6 heteroatoms. The zero-order valence-corrected chi connectivity index (χ0v) is 6.64. The van der Waals surface area contributed by atoms with Crippen LogP contribution < -0.4 is 0 Å². The van der Waals surface area contributed by atoms with Gasteiger partial charge in [-0.05, 0) is 6.92 Å². The van der Waals surface area contributed by atoms with Crippen molar-refractivity contribution < 1.29 is 29.7 Å². The lowest BCUT2D eigenvalue weighted by Gasteiger charge is -1.94. The van der Waals surface area contributed by atoms with E-state index in [-0.39, 0.29) is 0 Å². The van der Waals surface area contributed by atoms with Gasteiger partial charge < -0.3 is 15.3 Å². The Balaban J connectivity index is 0. The van der Waals surface area contributed by atoms with Crippen LogP contribution in [0.2, 0.25) is 0 Å². The van der Waals surface area contributed by atoms with Gasteiger partial charge in [-0.15, -0.1) is 0 Å². The summed E-state index contributed by atoms with van der Waals surface area (Å²) in [5, 5.41) is 23.4. The summed E-state index contributed by atoms with van der Waals surface area (Å²) in [5.74, 6) is -4.75. The molecule has 0 aliphatic carbocycles. The van der Waals surface area contributed by atoms with Crippen LogP contribution >= 0.6 is 0 Å². The molecular formula is C6H10O6. The molecule has 0 rings (SSSR count). The van der Waals surface area contributed by atoms with Crippen LogP contribution in [-0.4, -0.2) is 33.2 Å². The second-order valence-electron chi connectivity index (χ2n) is 1.92. The van der Waals surface area contributed by atoms with E-state index in [0.717, 1.165) is 13.8 Å². The molecule has 0 aromatic rings. The first kappa shape index (κ1) is 13.0. The first-order chi connectivity index (χ1) is 5.29. The summed E-state index contributed by atoms with van der Waals surface area (Å²) in [5.41, 5.74) is 0. The third kappa shape index (κ3) is 11.2. The first-order valence-electron chi connectivity index (χ1n) is 2.94. The van der Waals surface area contributed by atoms with Crippen LogP contribution in [0.15, 0.2) is 0 Å². The van der Waals surface area contributed by atoms with Crippen molar-refractivity contribution in [2.24, 2.45) is 5.92 Å². The van der Waals surface area contributed by atoms with E-state index in [1.165, 1.54) is 0 Å². The van der Waals surface area contributed by atoms with E-state index >= 15 is 0 Å². The van der Waals surface area contributed by atoms with Crippen LogP contribution in [0.1, 0.15) is 13.8 Å². The molecule has 0 bridgehead atoms. The summed E-state index contributed by atoms with van der Waals surface area (Å²) in [6.45, 7) is 2.20. The first-order valence-corrected chi connectivity index (χ1v) is 2.94. The van der Waals surface area contributed by atoms with Crippen molar-refractivity contribution in [2.45, 2.75) is 13.8 Å². The van der Waals surface area contributed by atoms with Gasteiger partial charge in [0.25, 0.3) is 5.97 Å². The van der Waals surface area contributed by atoms with Crippen LogP contribution in [0.25, 0.3) is 0 Å². The lowest BCUT2D eigenvalue weighted by molar-refractivity contribution is -0.153. The van der Waals surface area contributed by atoms with Gasteiger partial charge in [-0.3, -0.25) is 14.4 Å². The Kier molecular flexibility index (Phi) is 6.67. The maximum Gasteiger partial charge on any atom is 0.317 e. The van der Waals surface area contributed by atoms with Gasteiger partial charge in [-0.1, -0.05) is 0 Å². The molecule has 70 valence electrons. The third-order valence-electron chi connectivity index (χ3n) is 0.741. The second kappa shape index (κ2) is 6.14. The Hall–Kier alpha value is -1.59. The molecule has 0 aliphatic heterocycles. The molecule has 0 saturated carbocycles. The van der Waals surface area contributed by atoms with E-state index in [1.807, 2.05) is 0 Å². The van der Waals surface area contributed by atoms with Crippen LogP contribution in [0.5, 0.6) is 0 Å². The molecule has 0 atom stereocenters. The van der Waals surface area contributed by atoms with Gasteiger partial charge in [0.15, 0.2) is 5.92 Å². The molecule has 12 heavy (non-hydrogen) atoms. The molecule has 0 aromatic heterocycles. The van der Waals surface area contributed by atoms with Gasteiger partial charge in [-0.25, -0.2) is 0 Å². The quantitative estimate of drug-likeness (QED) is 0.508. The molecule has 0 saturated heterocycles. The molecule has 0 unspecified atom stereocenters. The van der Waals surface area contributed by atoms with E-state index in [1.54, 1.807) is 0 Å². The number of carbonyl (C=O) groups is 3. The average Bonchev–Trinajstić information content (AvgIpc) is 1.84. The maximum atomic E-state index is 9.76. The van der Waals surface area contributed by atoms with Crippen molar-refractivity contribution in [3.8, 4) is 0 Å². The molecule has 0 radical (unpaired) electrons. The minimum absolute atomic E-state index is 0.833. The van der Waals surface area contributed by atoms with Crippen molar-refractivity contribution in [2.75, 3.05) is 0 Å². The summed E-state index contributed by atoms with van der Waals surface area (Å²) in [4.78, 5) is 28.5. The fraction of sp³-hybridized carbons (Fsp3) is 0.500. The second-order valence-corrected chi connectivity index (χ2v) is 1.92. The molecule has 0 fully saturated rings. The molecule has 0 aliphatic rings. The van der Waals surface area contributed by atoms with Gasteiger partial charge in [0.1, 0.15) is 0 Å². The summed E-state index contributed by atoms with van der Waals surface area (Å²) >= 11 is 0. The SMILES string of the molecule is CC(=O)O.CC(C(=O)O)C(=O)O. The van der Waals surface area contributed by atoms with Crippen LogP contribution in [0.4, 0.5) is 0 Å².